The number of carbonyl (C=O) groups is 1. The van der Waals surface area contributed by atoms with E-state index in [2.05, 4.69) is 10.1 Å². The molecule has 0 fully saturated rings. The van der Waals surface area contributed by atoms with Crippen LogP contribution in [0.2, 0.25) is 0 Å². The van der Waals surface area contributed by atoms with E-state index in [0.717, 1.165) is 5.56 Å². The average Bonchev–Trinajstić information content (AvgIpc) is 2.71. The number of hydrogen-bond acceptors (Lipinski definition) is 4. The fourth-order valence-corrected chi connectivity index (χ4v) is 1.17. The van der Waals surface area contributed by atoms with Gasteiger partial charge < -0.3 is 14.5 Å². The molecule has 0 aliphatic carbocycles. The molecule has 0 amide bonds. The van der Waals surface area contributed by atoms with Gasteiger partial charge in [0, 0.05) is 12.1 Å². The summed E-state index contributed by atoms with van der Waals surface area (Å²) in [6.45, 7) is 2.55. The molecule has 0 bridgehead atoms. The van der Waals surface area contributed by atoms with Crippen molar-refractivity contribution in [1.82, 2.24) is 5.32 Å². The van der Waals surface area contributed by atoms with Crippen molar-refractivity contribution in [2.45, 2.75) is 25.9 Å². The highest BCUT2D eigenvalue weighted by Crippen LogP contribution is 2.01. The van der Waals surface area contributed by atoms with Gasteiger partial charge in [-0.1, -0.05) is 6.92 Å². The Kier molecular flexibility index (Phi) is 4.19. The third kappa shape index (κ3) is 2.88. The van der Waals surface area contributed by atoms with Gasteiger partial charge in [-0.2, -0.15) is 0 Å². The van der Waals surface area contributed by atoms with Crippen LogP contribution in [0.1, 0.15) is 18.9 Å². The summed E-state index contributed by atoms with van der Waals surface area (Å²) in [5.41, 5.74) is 1.02. The van der Waals surface area contributed by atoms with Crippen LogP contribution >= 0.6 is 0 Å². The van der Waals surface area contributed by atoms with E-state index in [9.17, 15) is 4.79 Å². The van der Waals surface area contributed by atoms with E-state index < -0.39 is 0 Å². The molecule has 4 heteroatoms. The standard InChI is InChI=1S/C10H15NO3/c1-3-9(10(12)13-2)11-6-8-4-5-14-7-8/h4-5,7,9,11H,3,6H2,1-2H3. The number of methoxy groups -OCH3 is 1. The van der Waals surface area contributed by atoms with E-state index in [1.165, 1.54) is 7.11 Å². The number of rotatable bonds is 5. The van der Waals surface area contributed by atoms with Gasteiger partial charge >= 0.3 is 5.97 Å². The molecule has 1 atom stereocenters. The average molecular weight is 197 g/mol. The van der Waals surface area contributed by atoms with Crippen LogP contribution < -0.4 is 5.32 Å². The van der Waals surface area contributed by atoms with Crippen LogP contribution in [0, 0.1) is 0 Å². The second-order valence-corrected chi connectivity index (χ2v) is 3.00. The van der Waals surface area contributed by atoms with Crippen molar-refractivity contribution < 1.29 is 13.9 Å². The Bertz CT molecular complexity index is 269. The maximum Gasteiger partial charge on any atom is 0.322 e. The first kappa shape index (κ1) is 10.8. The predicted octanol–water partition coefficient (Wildman–Crippen LogP) is 1.32. The third-order valence-electron chi connectivity index (χ3n) is 2.03. The molecule has 0 radical (unpaired) electrons. The number of nitrogens with one attached hydrogen (secondary N) is 1. The SMILES string of the molecule is CCC(NCc1ccoc1)C(=O)OC. The van der Waals surface area contributed by atoms with Gasteiger partial charge in [-0.25, -0.2) is 0 Å². The zero-order chi connectivity index (χ0) is 10.4. The molecule has 0 saturated carbocycles. The Balaban J connectivity index is 2.38. The minimum Gasteiger partial charge on any atom is -0.472 e. The summed E-state index contributed by atoms with van der Waals surface area (Å²) in [5, 5.41) is 3.09. The largest absolute Gasteiger partial charge is 0.472 e. The molecule has 78 valence electrons. The highest BCUT2D eigenvalue weighted by molar-refractivity contribution is 5.75. The first-order valence-electron chi connectivity index (χ1n) is 4.60. The van der Waals surface area contributed by atoms with Crippen LogP contribution in [0.4, 0.5) is 0 Å². The molecule has 1 heterocycles. The monoisotopic (exact) mass is 197 g/mol. The second-order valence-electron chi connectivity index (χ2n) is 3.00. The maximum atomic E-state index is 11.2. The van der Waals surface area contributed by atoms with Crippen molar-refractivity contribution in [2.24, 2.45) is 0 Å². The number of carbonyl (C=O) groups excluding carboxylic acids is 1. The van der Waals surface area contributed by atoms with E-state index in [1.807, 2.05) is 13.0 Å². The molecule has 1 aromatic rings. The Hall–Kier alpha value is -1.29. The molecule has 0 spiro atoms. The summed E-state index contributed by atoms with van der Waals surface area (Å²) in [7, 11) is 1.39. The van der Waals surface area contributed by atoms with Crippen LogP contribution in [0.25, 0.3) is 0 Å². The number of furan rings is 1. The molecule has 1 rings (SSSR count). The van der Waals surface area contributed by atoms with Crippen molar-refractivity contribution in [3.8, 4) is 0 Å². The van der Waals surface area contributed by atoms with Crippen molar-refractivity contribution in [3.05, 3.63) is 24.2 Å². The molecule has 1 unspecified atom stereocenters. The van der Waals surface area contributed by atoms with Gasteiger partial charge in [-0.3, -0.25) is 4.79 Å². The topological polar surface area (TPSA) is 51.5 Å². The molecule has 1 N–H and O–H groups in total. The summed E-state index contributed by atoms with van der Waals surface area (Å²) < 4.78 is 9.56. The van der Waals surface area contributed by atoms with E-state index in [4.69, 9.17) is 4.42 Å². The Morgan fingerprint density at radius 2 is 2.50 bits per heavy atom. The first-order valence-corrected chi connectivity index (χ1v) is 4.60. The van der Waals surface area contributed by atoms with Gasteiger partial charge in [0.1, 0.15) is 6.04 Å². The molecular weight excluding hydrogens is 182 g/mol. The minimum atomic E-state index is -0.241. The predicted molar refractivity (Wildman–Crippen MR) is 51.6 cm³/mol. The van der Waals surface area contributed by atoms with Gasteiger partial charge in [0.2, 0.25) is 0 Å². The maximum absolute atomic E-state index is 11.2. The van der Waals surface area contributed by atoms with Gasteiger partial charge in [-0.15, -0.1) is 0 Å². The number of hydrogen-bond donors (Lipinski definition) is 1. The normalized spacial score (nSPS) is 12.4. The molecule has 0 saturated heterocycles. The summed E-state index contributed by atoms with van der Waals surface area (Å²) in [5.74, 6) is -0.226. The summed E-state index contributed by atoms with van der Waals surface area (Å²) in [6, 6.07) is 1.62. The first-order chi connectivity index (χ1) is 6.77. The second kappa shape index (κ2) is 5.44. The summed E-state index contributed by atoms with van der Waals surface area (Å²) in [4.78, 5) is 11.2. The van der Waals surface area contributed by atoms with E-state index in [-0.39, 0.29) is 12.0 Å². The Morgan fingerprint density at radius 1 is 1.71 bits per heavy atom. The van der Waals surface area contributed by atoms with Crippen LogP contribution in [-0.4, -0.2) is 19.1 Å². The molecule has 14 heavy (non-hydrogen) atoms. The van der Waals surface area contributed by atoms with Crippen molar-refractivity contribution in [3.63, 3.8) is 0 Å². The van der Waals surface area contributed by atoms with Gasteiger partial charge in [0.05, 0.1) is 19.6 Å². The van der Waals surface area contributed by atoms with Crippen LogP contribution in [-0.2, 0) is 16.1 Å². The highest BCUT2D eigenvalue weighted by atomic mass is 16.5. The fraction of sp³-hybridized carbons (Fsp3) is 0.500. The molecular formula is C10H15NO3. The Morgan fingerprint density at radius 3 is 3.00 bits per heavy atom. The van der Waals surface area contributed by atoms with Crippen LogP contribution in [0.15, 0.2) is 23.0 Å². The third-order valence-corrected chi connectivity index (χ3v) is 2.03. The molecule has 0 aromatic carbocycles. The quantitative estimate of drug-likeness (QED) is 0.723. The smallest absolute Gasteiger partial charge is 0.322 e. The van der Waals surface area contributed by atoms with E-state index in [1.54, 1.807) is 12.5 Å². The highest BCUT2D eigenvalue weighted by Gasteiger charge is 2.15. The molecule has 0 aliphatic heterocycles. The van der Waals surface area contributed by atoms with Crippen molar-refractivity contribution in [1.29, 1.82) is 0 Å². The minimum absolute atomic E-state index is 0.226. The molecule has 1 aromatic heterocycles. The van der Waals surface area contributed by atoms with Gasteiger partial charge in [0.25, 0.3) is 0 Å². The Labute approximate surface area is 83.2 Å². The van der Waals surface area contributed by atoms with Crippen LogP contribution in [0.3, 0.4) is 0 Å². The fourth-order valence-electron chi connectivity index (χ4n) is 1.17. The lowest BCUT2D eigenvalue weighted by Gasteiger charge is -2.13. The van der Waals surface area contributed by atoms with Gasteiger partial charge in [0.15, 0.2) is 0 Å². The molecule has 4 nitrogen and oxygen atoms in total. The van der Waals surface area contributed by atoms with E-state index in [0.29, 0.717) is 13.0 Å². The number of esters is 1. The zero-order valence-corrected chi connectivity index (χ0v) is 8.45. The zero-order valence-electron chi connectivity index (χ0n) is 8.45. The summed E-state index contributed by atoms with van der Waals surface area (Å²) in [6.07, 6.45) is 3.97. The summed E-state index contributed by atoms with van der Waals surface area (Å²) >= 11 is 0. The van der Waals surface area contributed by atoms with Gasteiger partial charge in [-0.05, 0) is 12.5 Å². The lowest BCUT2D eigenvalue weighted by Crippen LogP contribution is -2.36. The lowest BCUT2D eigenvalue weighted by molar-refractivity contribution is -0.143. The van der Waals surface area contributed by atoms with Crippen molar-refractivity contribution in [2.75, 3.05) is 7.11 Å². The van der Waals surface area contributed by atoms with Crippen molar-refractivity contribution >= 4 is 5.97 Å². The lowest BCUT2D eigenvalue weighted by atomic mass is 10.2. The van der Waals surface area contributed by atoms with E-state index >= 15 is 0 Å². The molecule has 0 aliphatic rings. The number of ether oxygens (including phenoxy) is 1. The van der Waals surface area contributed by atoms with Crippen LogP contribution in [0.5, 0.6) is 0 Å².